The Labute approximate surface area is 99.3 Å². The van der Waals surface area contributed by atoms with E-state index in [0.29, 0.717) is 5.54 Å². The van der Waals surface area contributed by atoms with Crippen LogP contribution in [-0.2, 0) is 6.54 Å². The monoisotopic (exact) mass is 217 g/mol. The highest BCUT2D eigenvalue weighted by atomic mass is 15.0. The molecule has 2 rings (SSSR count). The summed E-state index contributed by atoms with van der Waals surface area (Å²) in [6, 6.07) is 10.7. The van der Waals surface area contributed by atoms with Gasteiger partial charge in [-0.05, 0) is 44.1 Å². The molecule has 0 bridgehead atoms. The van der Waals surface area contributed by atoms with Gasteiger partial charge in [-0.25, -0.2) is 0 Å². The molecular formula is C15H23N. The van der Waals surface area contributed by atoms with Crippen molar-refractivity contribution in [2.45, 2.75) is 51.6 Å². The molecule has 0 radical (unpaired) electrons. The number of benzene rings is 1. The van der Waals surface area contributed by atoms with Crippen LogP contribution in [0.5, 0.6) is 0 Å². The van der Waals surface area contributed by atoms with Crippen LogP contribution in [0, 0.1) is 5.92 Å². The predicted molar refractivity (Wildman–Crippen MR) is 69.3 cm³/mol. The average molecular weight is 217 g/mol. The molecule has 1 aromatic carbocycles. The molecule has 0 amide bonds. The summed E-state index contributed by atoms with van der Waals surface area (Å²) in [6.07, 6.45) is 5.39. The van der Waals surface area contributed by atoms with Crippen molar-refractivity contribution in [2.24, 2.45) is 5.92 Å². The summed E-state index contributed by atoms with van der Waals surface area (Å²) in [4.78, 5) is 0. The Morgan fingerprint density at radius 1 is 1.19 bits per heavy atom. The molecule has 0 saturated heterocycles. The Kier molecular flexibility index (Phi) is 3.65. The summed E-state index contributed by atoms with van der Waals surface area (Å²) in [5.74, 6) is 0.923. The number of hydrogen-bond acceptors (Lipinski definition) is 1. The third kappa shape index (κ3) is 3.08. The van der Waals surface area contributed by atoms with Crippen molar-refractivity contribution in [1.82, 2.24) is 5.32 Å². The molecule has 1 fully saturated rings. The van der Waals surface area contributed by atoms with Crippen LogP contribution in [0.25, 0.3) is 0 Å². The van der Waals surface area contributed by atoms with Crippen LogP contribution in [-0.4, -0.2) is 5.54 Å². The van der Waals surface area contributed by atoms with E-state index in [2.05, 4.69) is 49.5 Å². The van der Waals surface area contributed by atoms with Gasteiger partial charge in [0.05, 0.1) is 0 Å². The largest absolute Gasteiger partial charge is 0.307 e. The third-order valence-electron chi connectivity index (χ3n) is 3.94. The summed E-state index contributed by atoms with van der Waals surface area (Å²) in [5, 5.41) is 3.73. The van der Waals surface area contributed by atoms with Crippen molar-refractivity contribution in [3.05, 3.63) is 35.9 Å². The van der Waals surface area contributed by atoms with E-state index in [1.165, 1.54) is 31.2 Å². The van der Waals surface area contributed by atoms with Crippen LogP contribution in [0.4, 0.5) is 0 Å². The van der Waals surface area contributed by atoms with E-state index in [-0.39, 0.29) is 0 Å². The van der Waals surface area contributed by atoms with Crippen molar-refractivity contribution < 1.29 is 0 Å². The van der Waals surface area contributed by atoms with E-state index in [4.69, 9.17) is 0 Å². The predicted octanol–water partition coefficient (Wildman–Crippen LogP) is 3.75. The van der Waals surface area contributed by atoms with Gasteiger partial charge in [-0.2, -0.15) is 0 Å². The third-order valence-corrected chi connectivity index (χ3v) is 3.94. The van der Waals surface area contributed by atoms with E-state index in [1.807, 2.05) is 0 Å². The zero-order valence-electron chi connectivity index (χ0n) is 10.5. The van der Waals surface area contributed by atoms with Gasteiger partial charge in [-0.15, -0.1) is 0 Å². The minimum absolute atomic E-state index is 0.363. The first-order chi connectivity index (χ1) is 7.68. The van der Waals surface area contributed by atoms with Gasteiger partial charge in [0.25, 0.3) is 0 Å². The Balaban J connectivity index is 1.85. The molecule has 0 spiro atoms. The van der Waals surface area contributed by atoms with Gasteiger partial charge in [0, 0.05) is 12.1 Å². The first-order valence-corrected chi connectivity index (χ1v) is 6.47. The second-order valence-corrected chi connectivity index (χ2v) is 5.58. The van der Waals surface area contributed by atoms with Crippen molar-refractivity contribution in [1.29, 1.82) is 0 Å². The highest BCUT2D eigenvalue weighted by molar-refractivity contribution is 5.14. The molecule has 1 aromatic rings. The Hall–Kier alpha value is -0.820. The van der Waals surface area contributed by atoms with Gasteiger partial charge in [0.15, 0.2) is 0 Å². The van der Waals surface area contributed by atoms with Crippen LogP contribution >= 0.6 is 0 Å². The van der Waals surface area contributed by atoms with Gasteiger partial charge in [-0.3, -0.25) is 0 Å². The highest BCUT2D eigenvalue weighted by Crippen LogP contribution is 2.31. The fourth-order valence-electron chi connectivity index (χ4n) is 2.49. The summed E-state index contributed by atoms with van der Waals surface area (Å²) in [6.45, 7) is 5.75. The lowest BCUT2D eigenvalue weighted by Gasteiger charge is -2.37. The lowest BCUT2D eigenvalue weighted by Crippen LogP contribution is -2.44. The lowest BCUT2D eigenvalue weighted by atomic mass is 9.78. The maximum absolute atomic E-state index is 3.73. The number of nitrogens with one attached hydrogen (secondary N) is 1. The zero-order valence-corrected chi connectivity index (χ0v) is 10.5. The van der Waals surface area contributed by atoms with Crippen molar-refractivity contribution >= 4 is 0 Å². The standard InChI is InChI=1S/C15H23N/c1-13-8-10-15(2,11-9-13)16-12-14-6-4-3-5-7-14/h3-7,13,16H,8-12H2,1-2H3. The van der Waals surface area contributed by atoms with E-state index < -0.39 is 0 Å². The molecule has 1 heteroatoms. The van der Waals surface area contributed by atoms with Crippen molar-refractivity contribution in [3.8, 4) is 0 Å². The summed E-state index contributed by atoms with van der Waals surface area (Å²) < 4.78 is 0. The summed E-state index contributed by atoms with van der Waals surface area (Å²) in [5.41, 5.74) is 1.75. The summed E-state index contributed by atoms with van der Waals surface area (Å²) in [7, 11) is 0. The Bertz CT molecular complexity index is 309. The Morgan fingerprint density at radius 2 is 1.81 bits per heavy atom. The van der Waals surface area contributed by atoms with Gasteiger partial charge in [0.2, 0.25) is 0 Å². The number of rotatable bonds is 3. The van der Waals surface area contributed by atoms with E-state index in [9.17, 15) is 0 Å². The minimum atomic E-state index is 0.363. The molecular weight excluding hydrogens is 194 g/mol. The SMILES string of the molecule is CC1CCC(C)(NCc2ccccc2)CC1. The molecule has 1 aliphatic carbocycles. The van der Waals surface area contributed by atoms with Crippen LogP contribution in [0.3, 0.4) is 0 Å². The molecule has 16 heavy (non-hydrogen) atoms. The minimum Gasteiger partial charge on any atom is -0.307 e. The first-order valence-electron chi connectivity index (χ1n) is 6.47. The van der Waals surface area contributed by atoms with Gasteiger partial charge >= 0.3 is 0 Å². The van der Waals surface area contributed by atoms with E-state index in [0.717, 1.165) is 12.5 Å². The molecule has 1 aliphatic rings. The van der Waals surface area contributed by atoms with Crippen LogP contribution in [0.15, 0.2) is 30.3 Å². The zero-order chi connectivity index (χ0) is 11.4. The molecule has 0 aromatic heterocycles. The average Bonchev–Trinajstić information content (AvgIpc) is 2.33. The lowest BCUT2D eigenvalue weighted by molar-refractivity contribution is 0.212. The molecule has 88 valence electrons. The molecule has 1 saturated carbocycles. The first kappa shape index (κ1) is 11.7. The molecule has 0 aliphatic heterocycles. The molecule has 0 unspecified atom stereocenters. The Morgan fingerprint density at radius 3 is 2.44 bits per heavy atom. The van der Waals surface area contributed by atoms with Crippen molar-refractivity contribution in [2.75, 3.05) is 0 Å². The number of hydrogen-bond donors (Lipinski definition) is 1. The smallest absolute Gasteiger partial charge is 0.0210 e. The molecule has 0 heterocycles. The topological polar surface area (TPSA) is 12.0 Å². The van der Waals surface area contributed by atoms with Crippen molar-refractivity contribution in [3.63, 3.8) is 0 Å². The molecule has 0 atom stereocenters. The normalized spacial score (nSPS) is 30.2. The van der Waals surface area contributed by atoms with E-state index in [1.54, 1.807) is 0 Å². The highest BCUT2D eigenvalue weighted by Gasteiger charge is 2.28. The van der Waals surface area contributed by atoms with Crippen LogP contribution in [0.1, 0.15) is 45.1 Å². The summed E-state index contributed by atoms with van der Waals surface area (Å²) >= 11 is 0. The van der Waals surface area contributed by atoms with Gasteiger partial charge < -0.3 is 5.32 Å². The maximum atomic E-state index is 3.73. The molecule has 1 N–H and O–H groups in total. The second kappa shape index (κ2) is 5.01. The van der Waals surface area contributed by atoms with Gasteiger partial charge in [0.1, 0.15) is 0 Å². The quantitative estimate of drug-likeness (QED) is 0.813. The van der Waals surface area contributed by atoms with E-state index >= 15 is 0 Å². The van der Waals surface area contributed by atoms with Crippen LogP contribution in [0.2, 0.25) is 0 Å². The fraction of sp³-hybridized carbons (Fsp3) is 0.600. The fourth-order valence-corrected chi connectivity index (χ4v) is 2.49. The van der Waals surface area contributed by atoms with Gasteiger partial charge in [-0.1, -0.05) is 37.3 Å². The second-order valence-electron chi connectivity index (χ2n) is 5.58. The molecule has 1 nitrogen and oxygen atoms in total. The maximum Gasteiger partial charge on any atom is 0.0210 e. The van der Waals surface area contributed by atoms with Crippen LogP contribution < -0.4 is 5.32 Å².